The number of halogens is 3. The molecule has 5 atom stereocenters. The molecule has 8 aliphatic rings. The van der Waals surface area contributed by atoms with Crippen molar-refractivity contribution in [3.8, 4) is 16.9 Å². The van der Waals surface area contributed by atoms with Crippen molar-refractivity contribution in [2.24, 2.45) is 17.8 Å². The number of carbonyl (C=O) groups is 6. The molecule has 0 radical (unpaired) electrons. The van der Waals surface area contributed by atoms with Crippen LogP contribution < -0.4 is 19.9 Å². The highest BCUT2D eigenvalue weighted by molar-refractivity contribution is 6.23. The van der Waals surface area contributed by atoms with Crippen molar-refractivity contribution in [1.29, 1.82) is 0 Å². The topological polar surface area (TPSA) is 175 Å². The lowest BCUT2D eigenvalue weighted by atomic mass is 9.91. The molecule has 0 bridgehead atoms. The maximum Gasteiger partial charge on any atom is 0.490 e. The lowest BCUT2D eigenvalue weighted by Gasteiger charge is -2.38. The second-order valence-corrected chi connectivity index (χ2v) is 19.5. The standard InChI is InChI=1S/C46H53N7O6.C2HF3O2/c1-26-5-9-37-39(52(26)44(56)27-6-7-27)12-11-35(42(37)59-34-3-2-4-34)30-22-47-51(25-30)31-15-17-49(18-16-31)33-19-28-23-50(24-29(28)20-33)32-8-10-36-38(21-32)46(58)53(45(36)57)40-13-14-41(54)48-43(40)55;3-2(4,5)1(6)7/h8,10-12,21-22,25-29,31,33-34,40H,2-7,9,13-20,23-24H2,1H3,(H,48,54,55);(H,6,7)/t26-,28-,29+,33?,40?;/m0./s1. The van der Waals surface area contributed by atoms with Gasteiger partial charge < -0.3 is 24.5 Å². The summed E-state index contributed by atoms with van der Waals surface area (Å²) in [6, 6.07) is 9.97. The summed E-state index contributed by atoms with van der Waals surface area (Å²) in [5.74, 6) is -2.08. The van der Waals surface area contributed by atoms with Crippen molar-refractivity contribution in [2.45, 2.75) is 127 Å². The van der Waals surface area contributed by atoms with Crippen molar-refractivity contribution in [1.82, 2.24) is 24.9 Å². The molecule has 18 heteroatoms. The number of carbonyl (C=O) groups excluding carboxylic acids is 5. The number of carboxylic acids is 1. The van der Waals surface area contributed by atoms with Crippen molar-refractivity contribution >= 4 is 46.9 Å². The van der Waals surface area contributed by atoms with Crippen LogP contribution in [0.5, 0.6) is 5.75 Å². The first kappa shape index (κ1) is 44.1. The van der Waals surface area contributed by atoms with Crippen molar-refractivity contribution in [2.75, 3.05) is 36.0 Å². The second kappa shape index (κ2) is 17.1. The summed E-state index contributed by atoms with van der Waals surface area (Å²) in [7, 11) is 0. The summed E-state index contributed by atoms with van der Waals surface area (Å²) >= 11 is 0. The average molecular weight is 914 g/mol. The molecule has 66 heavy (non-hydrogen) atoms. The average Bonchev–Trinajstić information content (AvgIpc) is 3.55. The van der Waals surface area contributed by atoms with Crippen LogP contribution in [0.1, 0.15) is 116 Å². The molecule has 15 nitrogen and oxygen atoms in total. The Morgan fingerprint density at radius 2 is 1.52 bits per heavy atom. The number of amides is 5. The fourth-order valence-corrected chi connectivity index (χ4v) is 11.3. The molecule has 5 amide bonds. The maximum absolute atomic E-state index is 13.5. The van der Waals surface area contributed by atoms with Crippen LogP contribution in [0.4, 0.5) is 24.5 Å². The predicted molar refractivity (Wildman–Crippen MR) is 233 cm³/mol. The Kier molecular flexibility index (Phi) is 11.4. The number of carboxylic acid groups (broad SMARTS) is 1. The minimum Gasteiger partial charge on any atom is -0.489 e. The molecular weight excluding hydrogens is 860 g/mol. The van der Waals surface area contributed by atoms with E-state index in [1.165, 1.54) is 12.0 Å². The molecule has 2 aromatic carbocycles. The van der Waals surface area contributed by atoms with E-state index in [0.717, 1.165) is 124 Å². The van der Waals surface area contributed by atoms with Gasteiger partial charge in [-0.25, -0.2) is 4.79 Å². The van der Waals surface area contributed by atoms with E-state index in [0.29, 0.717) is 35.0 Å². The van der Waals surface area contributed by atoms with Crippen molar-refractivity contribution in [3.05, 3.63) is 59.4 Å². The van der Waals surface area contributed by atoms with Crippen LogP contribution in [0, 0.1) is 17.8 Å². The van der Waals surface area contributed by atoms with Crippen LogP contribution in [0.15, 0.2) is 42.7 Å². The largest absolute Gasteiger partial charge is 0.490 e. The number of aromatic nitrogens is 2. The van der Waals surface area contributed by atoms with Gasteiger partial charge in [-0.3, -0.25) is 38.9 Å². The number of ether oxygens (including phenoxy) is 1. The summed E-state index contributed by atoms with van der Waals surface area (Å²) in [5.41, 5.74) is 6.01. The minimum atomic E-state index is -5.08. The number of alkyl halides is 3. The van der Waals surface area contributed by atoms with E-state index >= 15 is 0 Å². The van der Waals surface area contributed by atoms with Crippen LogP contribution in [0.3, 0.4) is 0 Å². The summed E-state index contributed by atoms with van der Waals surface area (Å²) in [6.45, 7) is 6.13. The molecule has 3 saturated heterocycles. The molecule has 3 saturated carbocycles. The van der Waals surface area contributed by atoms with Gasteiger partial charge in [-0.15, -0.1) is 0 Å². The Labute approximate surface area is 379 Å². The fourth-order valence-electron chi connectivity index (χ4n) is 11.3. The van der Waals surface area contributed by atoms with Crippen LogP contribution in [-0.2, 0) is 25.6 Å². The smallest absolute Gasteiger partial charge is 0.489 e. The highest BCUT2D eigenvalue weighted by Gasteiger charge is 2.47. The van der Waals surface area contributed by atoms with E-state index in [4.69, 9.17) is 19.7 Å². The van der Waals surface area contributed by atoms with Gasteiger partial charge in [0.05, 0.1) is 35.2 Å². The highest BCUT2D eigenvalue weighted by atomic mass is 19.4. The first-order chi connectivity index (χ1) is 31.6. The predicted octanol–water partition coefficient (Wildman–Crippen LogP) is 6.15. The first-order valence-corrected chi connectivity index (χ1v) is 23.5. The molecule has 3 aliphatic carbocycles. The second-order valence-electron chi connectivity index (χ2n) is 19.5. The van der Waals surface area contributed by atoms with Gasteiger partial charge in [0, 0.05) is 79.2 Å². The third-order valence-corrected chi connectivity index (χ3v) is 15.3. The Balaban J connectivity index is 0.000000679. The van der Waals surface area contributed by atoms with E-state index < -0.39 is 35.9 Å². The normalized spacial score (nSPS) is 26.9. The van der Waals surface area contributed by atoms with Crippen LogP contribution in [0.2, 0.25) is 0 Å². The van der Waals surface area contributed by atoms with Gasteiger partial charge in [0.15, 0.2) is 0 Å². The summed E-state index contributed by atoms with van der Waals surface area (Å²) < 4.78 is 40.7. The Morgan fingerprint density at radius 1 is 0.833 bits per heavy atom. The number of nitrogens with zero attached hydrogens (tertiary/aromatic N) is 6. The third kappa shape index (κ3) is 8.23. The third-order valence-electron chi connectivity index (χ3n) is 15.3. The summed E-state index contributed by atoms with van der Waals surface area (Å²) in [5, 5.41) is 14.3. The zero-order valence-corrected chi connectivity index (χ0v) is 36.8. The van der Waals surface area contributed by atoms with Crippen LogP contribution in [-0.4, -0.2) is 117 Å². The van der Waals surface area contributed by atoms with Crippen molar-refractivity contribution < 1.29 is 51.8 Å². The molecule has 0 spiro atoms. The van der Waals surface area contributed by atoms with E-state index in [1.807, 2.05) is 18.3 Å². The molecular formula is C48H54F3N7O8. The number of benzene rings is 2. The number of rotatable bonds is 8. The molecule has 1 aromatic heterocycles. The number of imide groups is 2. The Morgan fingerprint density at radius 3 is 2.15 bits per heavy atom. The number of piperidine rings is 2. The number of likely N-dealkylation sites (tertiary alicyclic amines) is 1. The van der Waals surface area contributed by atoms with E-state index in [9.17, 15) is 37.1 Å². The number of hydrogen-bond acceptors (Lipinski definition) is 10. The Hall–Kier alpha value is -5.78. The lowest BCUT2D eigenvalue weighted by Crippen LogP contribution is -2.54. The molecule has 350 valence electrons. The number of anilines is 2. The molecule has 2 unspecified atom stereocenters. The lowest BCUT2D eigenvalue weighted by molar-refractivity contribution is -0.192. The fraction of sp³-hybridized carbons (Fsp3) is 0.562. The first-order valence-electron chi connectivity index (χ1n) is 23.5. The van der Waals surface area contributed by atoms with E-state index in [1.54, 1.807) is 6.07 Å². The highest BCUT2D eigenvalue weighted by Crippen LogP contribution is 2.47. The SMILES string of the molecule is C[C@H]1CCc2c(ccc(-c3cnn(C4CCN(C5C[C@@H]6CN(c7ccc8c(c7)C(=O)N(C7CCC(=O)NC7=O)C8=O)C[C@@H]6C5)CC4)c3)c2OC2CCC2)N1C(=O)C1CC1.O=C(O)C(F)(F)F. The zero-order valence-electron chi connectivity index (χ0n) is 36.8. The van der Waals surface area contributed by atoms with Crippen LogP contribution >= 0.6 is 0 Å². The number of hydrogen-bond donors (Lipinski definition) is 2. The molecule has 6 heterocycles. The van der Waals surface area contributed by atoms with Gasteiger partial charge in [-0.2, -0.15) is 18.3 Å². The number of fused-ring (bicyclic) bond motifs is 3. The molecule has 11 rings (SSSR count). The van der Waals surface area contributed by atoms with Gasteiger partial charge in [-0.1, -0.05) is 0 Å². The van der Waals surface area contributed by atoms with E-state index in [2.05, 4.69) is 50.0 Å². The monoisotopic (exact) mass is 913 g/mol. The maximum atomic E-state index is 13.5. The molecule has 2 N–H and O–H groups in total. The van der Waals surface area contributed by atoms with E-state index in [-0.39, 0.29) is 42.7 Å². The molecule has 3 aromatic rings. The number of aliphatic carboxylic acids is 1. The summed E-state index contributed by atoms with van der Waals surface area (Å²) in [6.07, 6.45) is 11.3. The quantitative estimate of drug-likeness (QED) is 0.248. The summed E-state index contributed by atoms with van der Waals surface area (Å²) in [4.78, 5) is 81.4. The molecule has 5 aliphatic heterocycles. The number of nitrogens with one attached hydrogen (secondary N) is 1. The van der Waals surface area contributed by atoms with Gasteiger partial charge in [0.25, 0.3) is 11.8 Å². The molecule has 6 fully saturated rings. The van der Waals surface area contributed by atoms with Gasteiger partial charge >= 0.3 is 12.1 Å². The van der Waals surface area contributed by atoms with Crippen LogP contribution in [0.25, 0.3) is 11.1 Å². The Bertz CT molecular complexity index is 2460. The van der Waals surface area contributed by atoms with Gasteiger partial charge in [-0.05, 0) is 126 Å². The minimum absolute atomic E-state index is 0.105. The zero-order chi connectivity index (χ0) is 46.2. The van der Waals surface area contributed by atoms with Gasteiger partial charge in [0.2, 0.25) is 17.7 Å². The van der Waals surface area contributed by atoms with Crippen molar-refractivity contribution in [3.63, 3.8) is 0 Å². The van der Waals surface area contributed by atoms with Gasteiger partial charge in [0.1, 0.15) is 11.8 Å².